The molecule has 28 heavy (non-hydrogen) atoms. The molecule has 2 aliphatic rings. The van der Waals surface area contributed by atoms with Crippen molar-refractivity contribution in [3.8, 4) is 0 Å². The van der Waals surface area contributed by atoms with Crippen LogP contribution in [0.25, 0.3) is 0 Å². The van der Waals surface area contributed by atoms with Crippen LogP contribution in [0.2, 0.25) is 0 Å². The standard InChI is InChI=1S/C24H32FNOS/c1-19-5-10-22(28-19)17-26-15-13-23(20-6-8-21(25)9-7-20)14-16-27-24(18-23)11-3-2-4-12-24/h5-10,26H,2-4,11-18H2,1H3. The van der Waals surface area contributed by atoms with Gasteiger partial charge in [-0.1, -0.05) is 31.4 Å². The fraction of sp³-hybridized carbons (Fsp3) is 0.583. The minimum absolute atomic E-state index is 0.0375. The summed E-state index contributed by atoms with van der Waals surface area (Å²) in [5.41, 5.74) is 1.41. The number of thiophene rings is 1. The summed E-state index contributed by atoms with van der Waals surface area (Å²) < 4.78 is 20.0. The van der Waals surface area contributed by atoms with Crippen molar-refractivity contribution < 1.29 is 9.13 Å². The second-order valence-electron chi connectivity index (χ2n) is 8.75. The fourth-order valence-electron chi connectivity index (χ4n) is 5.26. The van der Waals surface area contributed by atoms with E-state index in [1.807, 2.05) is 23.5 Å². The van der Waals surface area contributed by atoms with Gasteiger partial charge in [0.05, 0.1) is 5.60 Å². The van der Waals surface area contributed by atoms with Gasteiger partial charge < -0.3 is 10.1 Å². The second kappa shape index (κ2) is 8.64. The molecule has 1 spiro atoms. The molecular weight excluding hydrogens is 369 g/mol. The Bertz CT molecular complexity index is 760. The van der Waals surface area contributed by atoms with Crippen molar-refractivity contribution >= 4 is 11.3 Å². The largest absolute Gasteiger partial charge is 0.375 e. The lowest BCUT2D eigenvalue weighted by Gasteiger charge is -2.50. The van der Waals surface area contributed by atoms with Crippen LogP contribution in [0, 0.1) is 12.7 Å². The summed E-state index contributed by atoms with van der Waals surface area (Å²) in [5, 5.41) is 3.66. The fourth-order valence-corrected chi connectivity index (χ4v) is 6.12. The van der Waals surface area contributed by atoms with Crippen LogP contribution in [0.3, 0.4) is 0 Å². The van der Waals surface area contributed by atoms with E-state index in [2.05, 4.69) is 24.4 Å². The quantitative estimate of drug-likeness (QED) is 0.588. The highest BCUT2D eigenvalue weighted by atomic mass is 32.1. The van der Waals surface area contributed by atoms with E-state index in [1.54, 1.807) is 12.1 Å². The summed E-state index contributed by atoms with van der Waals surface area (Å²) in [4.78, 5) is 2.76. The van der Waals surface area contributed by atoms with E-state index in [-0.39, 0.29) is 16.8 Å². The lowest BCUT2D eigenvalue weighted by molar-refractivity contribution is -0.126. The highest BCUT2D eigenvalue weighted by Crippen LogP contribution is 2.49. The average Bonchev–Trinajstić information content (AvgIpc) is 3.12. The molecule has 1 N–H and O–H groups in total. The Kier molecular flexibility index (Phi) is 6.19. The third kappa shape index (κ3) is 4.50. The molecule has 2 fully saturated rings. The van der Waals surface area contributed by atoms with Crippen molar-refractivity contribution in [1.82, 2.24) is 5.32 Å². The van der Waals surface area contributed by atoms with Gasteiger partial charge in [0, 0.05) is 28.3 Å². The van der Waals surface area contributed by atoms with Gasteiger partial charge in [0.1, 0.15) is 5.82 Å². The smallest absolute Gasteiger partial charge is 0.123 e. The van der Waals surface area contributed by atoms with Gasteiger partial charge in [-0.25, -0.2) is 4.39 Å². The Balaban J connectivity index is 1.49. The van der Waals surface area contributed by atoms with Crippen LogP contribution >= 0.6 is 11.3 Å². The van der Waals surface area contributed by atoms with Crippen molar-refractivity contribution in [3.63, 3.8) is 0 Å². The number of rotatable bonds is 6. The van der Waals surface area contributed by atoms with Gasteiger partial charge in [-0.2, -0.15) is 0 Å². The van der Waals surface area contributed by atoms with Crippen LogP contribution in [0.4, 0.5) is 4.39 Å². The highest BCUT2D eigenvalue weighted by Gasteiger charge is 2.46. The molecule has 2 nitrogen and oxygen atoms in total. The molecule has 1 aliphatic heterocycles. The molecule has 2 aromatic rings. The molecule has 4 rings (SSSR count). The molecule has 1 saturated heterocycles. The predicted octanol–water partition coefficient (Wildman–Crippen LogP) is 6.13. The normalized spacial score (nSPS) is 24.5. The molecule has 152 valence electrons. The average molecular weight is 402 g/mol. The molecule has 0 bridgehead atoms. The van der Waals surface area contributed by atoms with Crippen molar-refractivity contribution in [2.75, 3.05) is 13.2 Å². The number of halogens is 1. The van der Waals surface area contributed by atoms with E-state index in [9.17, 15) is 4.39 Å². The summed E-state index contributed by atoms with van der Waals surface area (Å²) in [5.74, 6) is -0.149. The number of nitrogens with one attached hydrogen (secondary N) is 1. The van der Waals surface area contributed by atoms with E-state index in [4.69, 9.17) is 4.74 Å². The van der Waals surface area contributed by atoms with E-state index >= 15 is 0 Å². The number of aryl methyl sites for hydroxylation is 1. The zero-order valence-corrected chi connectivity index (χ0v) is 17.8. The van der Waals surface area contributed by atoms with Crippen molar-refractivity contribution in [1.29, 1.82) is 0 Å². The summed E-state index contributed by atoms with van der Waals surface area (Å²) in [7, 11) is 0. The monoisotopic (exact) mass is 401 g/mol. The van der Waals surface area contributed by atoms with Gasteiger partial charge >= 0.3 is 0 Å². The minimum Gasteiger partial charge on any atom is -0.375 e. The molecule has 1 unspecified atom stereocenters. The maximum absolute atomic E-state index is 13.6. The van der Waals surface area contributed by atoms with Crippen LogP contribution < -0.4 is 5.32 Å². The van der Waals surface area contributed by atoms with Crippen molar-refractivity contribution in [3.05, 3.63) is 57.5 Å². The number of ether oxygens (including phenoxy) is 1. The third-order valence-electron chi connectivity index (χ3n) is 6.75. The first-order chi connectivity index (χ1) is 13.6. The molecule has 1 saturated carbocycles. The molecule has 2 heterocycles. The summed E-state index contributed by atoms with van der Waals surface area (Å²) in [6.45, 7) is 4.88. The summed E-state index contributed by atoms with van der Waals surface area (Å²) in [6, 6.07) is 11.7. The zero-order chi connectivity index (χ0) is 19.5. The summed E-state index contributed by atoms with van der Waals surface area (Å²) >= 11 is 1.86. The van der Waals surface area contributed by atoms with E-state index < -0.39 is 0 Å². The molecule has 0 radical (unpaired) electrons. The molecule has 1 aliphatic carbocycles. The lowest BCUT2D eigenvalue weighted by atomic mass is 9.63. The Morgan fingerprint density at radius 3 is 2.54 bits per heavy atom. The van der Waals surface area contributed by atoms with Gasteiger partial charge in [-0.15, -0.1) is 11.3 Å². The van der Waals surface area contributed by atoms with Crippen LogP contribution in [0.5, 0.6) is 0 Å². The highest BCUT2D eigenvalue weighted by molar-refractivity contribution is 7.11. The zero-order valence-electron chi connectivity index (χ0n) is 16.9. The molecular formula is C24H32FNOS. The molecule has 1 atom stereocenters. The summed E-state index contributed by atoms with van der Waals surface area (Å²) in [6.07, 6.45) is 9.41. The second-order valence-corrected chi connectivity index (χ2v) is 10.1. The van der Waals surface area contributed by atoms with Crippen LogP contribution in [0.1, 0.15) is 66.7 Å². The van der Waals surface area contributed by atoms with Gasteiger partial charge in [-0.3, -0.25) is 0 Å². The molecule has 0 amide bonds. The maximum atomic E-state index is 13.6. The topological polar surface area (TPSA) is 21.3 Å². The number of hydrogen-bond donors (Lipinski definition) is 1. The minimum atomic E-state index is -0.149. The molecule has 1 aromatic carbocycles. The van der Waals surface area contributed by atoms with Gasteiger partial charge in [0.2, 0.25) is 0 Å². The predicted molar refractivity (Wildman–Crippen MR) is 114 cm³/mol. The number of hydrogen-bond acceptors (Lipinski definition) is 3. The van der Waals surface area contributed by atoms with Crippen LogP contribution in [-0.4, -0.2) is 18.8 Å². The van der Waals surface area contributed by atoms with Gasteiger partial charge in [-0.05, 0) is 75.4 Å². The first-order valence-corrected chi connectivity index (χ1v) is 11.6. The van der Waals surface area contributed by atoms with Gasteiger partial charge in [0.15, 0.2) is 0 Å². The van der Waals surface area contributed by atoms with E-state index in [0.29, 0.717) is 0 Å². The van der Waals surface area contributed by atoms with E-state index in [0.717, 1.165) is 39.0 Å². The van der Waals surface area contributed by atoms with Crippen molar-refractivity contribution in [2.45, 2.75) is 75.9 Å². The Hall–Kier alpha value is -1.23. The maximum Gasteiger partial charge on any atom is 0.123 e. The van der Waals surface area contributed by atoms with Crippen molar-refractivity contribution in [2.24, 2.45) is 0 Å². The Morgan fingerprint density at radius 1 is 1.04 bits per heavy atom. The lowest BCUT2D eigenvalue weighted by Crippen LogP contribution is -2.49. The van der Waals surface area contributed by atoms with E-state index in [1.165, 1.54) is 47.4 Å². The van der Waals surface area contributed by atoms with Gasteiger partial charge in [0.25, 0.3) is 0 Å². The van der Waals surface area contributed by atoms with Crippen LogP contribution in [-0.2, 0) is 16.7 Å². The third-order valence-corrected chi connectivity index (χ3v) is 7.75. The Labute approximate surface area is 172 Å². The molecule has 1 aromatic heterocycles. The van der Waals surface area contributed by atoms with Crippen LogP contribution in [0.15, 0.2) is 36.4 Å². The number of benzene rings is 1. The SMILES string of the molecule is Cc1ccc(CNCCC2(c3ccc(F)cc3)CCOC3(CCCCC3)C2)s1. The Morgan fingerprint density at radius 2 is 1.82 bits per heavy atom. The first kappa shape index (κ1) is 20.1. The molecule has 4 heteroatoms. The first-order valence-electron chi connectivity index (χ1n) is 10.8.